The number of hydrogen-bond acceptors (Lipinski definition) is 9. The fraction of sp³-hybridized carbons (Fsp3) is 0.281. The smallest absolute Gasteiger partial charge is 0.338 e. The molecule has 1 heterocycles. The first-order chi connectivity index (χ1) is 20.8. The Balaban J connectivity index is 1.52. The lowest BCUT2D eigenvalue weighted by atomic mass is 10.1. The summed E-state index contributed by atoms with van der Waals surface area (Å²) in [5.74, 6) is -0.725. The molecular formula is C32H33N3O7S. The van der Waals surface area contributed by atoms with Gasteiger partial charge in [0.25, 0.3) is 0 Å². The molecule has 43 heavy (non-hydrogen) atoms. The third kappa shape index (κ3) is 8.45. The quantitative estimate of drug-likeness (QED) is 0.295. The van der Waals surface area contributed by atoms with E-state index >= 15 is 0 Å². The second-order valence-corrected chi connectivity index (χ2v) is 10.6. The molecule has 1 fully saturated rings. The number of methoxy groups -OCH3 is 1. The van der Waals surface area contributed by atoms with E-state index in [4.69, 9.17) is 19.2 Å². The van der Waals surface area contributed by atoms with Crippen molar-refractivity contribution in [3.63, 3.8) is 0 Å². The number of carbonyl (C=O) groups excluding carboxylic acids is 4. The van der Waals surface area contributed by atoms with E-state index in [-0.39, 0.29) is 31.4 Å². The summed E-state index contributed by atoms with van der Waals surface area (Å²) in [7, 11) is 1.60. The van der Waals surface area contributed by atoms with E-state index in [1.807, 2.05) is 24.3 Å². The number of nitrogens with one attached hydrogen (secondary N) is 1. The lowest BCUT2D eigenvalue weighted by Gasteiger charge is -2.32. The first-order valence-electron chi connectivity index (χ1n) is 13.8. The molecule has 1 unspecified atom stereocenters. The summed E-state index contributed by atoms with van der Waals surface area (Å²) in [6.07, 6.45) is 0.557. The summed E-state index contributed by atoms with van der Waals surface area (Å²) < 4.78 is 15.3. The number of benzene rings is 3. The number of amides is 2. The van der Waals surface area contributed by atoms with Crippen LogP contribution in [-0.2, 0) is 25.5 Å². The summed E-state index contributed by atoms with van der Waals surface area (Å²) in [6, 6.07) is 20.5. The van der Waals surface area contributed by atoms with Crippen LogP contribution in [0.15, 0.2) is 77.8 Å². The minimum Gasteiger partial charge on any atom is -0.497 e. The van der Waals surface area contributed by atoms with Gasteiger partial charge in [-0.2, -0.15) is 0 Å². The molecule has 0 radical (unpaired) electrons. The van der Waals surface area contributed by atoms with Crippen molar-refractivity contribution in [1.29, 1.82) is 0 Å². The minimum absolute atomic E-state index is 0.0131. The van der Waals surface area contributed by atoms with Crippen molar-refractivity contribution in [3.05, 3.63) is 89.5 Å². The third-order valence-electron chi connectivity index (χ3n) is 6.48. The zero-order valence-corrected chi connectivity index (χ0v) is 25.0. The number of ether oxygens (including phenoxy) is 3. The number of esters is 2. The molecule has 1 atom stereocenters. The summed E-state index contributed by atoms with van der Waals surface area (Å²) in [5, 5.41) is 2.48. The maximum atomic E-state index is 13.4. The Bertz CT molecular complexity index is 1470. The van der Waals surface area contributed by atoms with Gasteiger partial charge < -0.3 is 19.5 Å². The van der Waals surface area contributed by atoms with Gasteiger partial charge in [0.05, 0.1) is 37.1 Å². The molecule has 10 nitrogen and oxygen atoms in total. The molecule has 1 aliphatic heterocycles. The Labute approximate surface area is 254 Å². The molecule has 0 saturated carbocycles. The van der Waals surface area contributed by atoms with Gasteiger partial charge >= 0.3 is 11.9 Å². The highest BCUT2D eigenvalue weighted by Gasteiger charge is 2.36. The highest BCUT2D eigenvalue weighted by Crippen LogP contribution is 2.30. The maximum Gasteiger partial charge on any atom is 0.338 e. The SMILES string of the molecule is CCOC(=O)c1ccc(N=C2SC(C(=O)Nc3ccc(C(=O)OCC)cc3)CC(=O)N2CCc2ccc(OC)cc2)cc1. The zero-order valence-electron chi connectivity index (χ0n) is 24.2. The van der Waals surface area contributed by atoms with Crippen molar-refractivity contribution < 1.29 is 33.4 Å². The molecule has 2 amide bonds. The monoisotopic (exact) mass is 603 g/mol. The Morgan fingerprint density at radius 1 is 0.884 bits per heavy atom. The second-order valence-electron chi connectivity index (χ2n) is 9.40. The maximum absolute atomic E-state index is 13.4. The highest BCUT2D eigenvalue weighted by atomic mass is 32.2. The molecule has 0 aliphatic carbocycles. The first kappa shape index (κ1) is 31.3. The summed E-state index contributed by atoms with van der Waals surface area (Å²) in [4.78, 5) is 56.9. The molecule has 0 spiro atoms. The van der Waals surface area contributed by atoms with Gasteiger partial charge in [-0.25, -0.2) is 14.6 Å². The van der Waals surface area contributed by atoms with Crippen LogP contribution in [0, 0.1) is 0 Å². The first-order valence-corrected chi connectivity index (χ1v) is 14.7. The van der Waals surface area contributed by atoms with Gasteiger partial charge in [0, 0.05) is 18.7 Å². The normalized spacial score (nSPS) is 15.6. The van der Waals surface area contributed by atoms with Crippen LogP contribution in [0.25, 0.3) is 0 Å². The van der Waals surface area contributed by atoms with Crippen LogP contribution in [0.1, 0.15) is 46.5 Å². The van der Waals surface area contributed by atoms with Gasteiger partial charge in [-0.1, -0.05) is 23.9 Å². The highest BCUT2D eigenvalue weighted by molar-refractivity contribution is 8.15. The summed E-state index contributed by atoms with van der Waals surface area (Å²) in [5.41, 5.74) is 2.79. The second kappa shape index (κ2) is 15.0. The van der Waals surface area contributed by atoms with Crippen LogP contribution in [0.4, 0.5) is 11.4 Å². The predicted molar refractivity (Wildman–Crippen MR) is 165 cm³/mol. The van der Waals surface area contributed by atoms with Gasteiger partial charge in [-0.15, -0.1) is 0 Å². The van der Waals surface area contributed by atoms with Gasteiger partial charge in [0.15, 0.2) is 5.17 Å². The van der Waals surface area contributed by atoms with E-state index in [1.165, 1.54) is 11.8 Å². The van der Waals surface area contributed by atoms with Crippen molar-refractivity contribution in [2.45, 2.75) is 31.9 Å². The third-order valence-corrected chi connectivity index (χ3v) is 7.67. The molecule has 0 bridgehead atoms. The van der Waals surface area contributed by atoms with E-state index < -0.39 is 17.2 Å². The Morgan fingerprint density at radius 2 is 1.47 bits per heavy atom. The largest absolute Gasteiger partial charge is 0.497 e. The van der Waals surface area contributed by atoms with Crippen LogP contribution in [0.5, 0.6) is 5.75 Å². The molecular weight excluding hydrogens is 570 g/mol. The molecule has 1 aliphatic rings. The zero-order chi connectivity index (χ0) is 30.8. The van der Waals surface area contributed by atoms with E-state index in [0.717, 1.165) is 11.3 Å². The van der Waals surface area contributed by atoms with Gasteiger partial charge in [-0.05, 0) is 86.5 Å². The number of hydrogen-bond donors (Lipinski definition) is 1. The number of anilines is 1. The van der Waals surface area contributed by atoms with Crippen LogP contribution in [0.2, 0.25) is 0 Å². The van der Waals surface area contributed by atoms with E-state index in [9.17, 15) is 19.2 Å². The molecule has 224 valence electrons. The average Bonchev–Trinajstić information content (AvgIpc) is 3.01. The number of thioether (sulfide) groups is 1. The van der Waals surface area contributed by atoms with Gasteiger partial charge in [0.1, 0.15) is 11.0 Å². The van der Waals surface area contributed by atoms with Crippen molar-refractivity contribution in [2.75, 3.05) is 32.2 Å². The fourth-order valence-corrected chi connectivity index (χ4v) is 5.34. The fourth-order valence-electron chi connectivity index (χ4n) is 4.22. The van der Waals surface area contributed by atoms with Gasteiger partial charge in [-0.3, -0.25) is 14.5 Å². The van der Waals surface area contributed by atoms with E-state index in [2.05, 4.69) is 5.32 Å². The van der Waals surface area contributed by atoms with Crippen LogP contribution < -0.4 is 10.1 Å². The lowest BCUT2D eigenvalue weighted by molar-refractivity contribution is -0.129. The van der Waals surface area contributed by atoms with Crippen LogP contribution in [0.3, 0.4) is 0 Å². The van der Waals surface area contributed by atoms with Crippen molar-refractivity contribution in [2.24, 2.45) is 4.99 Å². The molecule has 3 aromatic rings. The number of amidine groups is 1. The number of carbonyl (C=O) groups is 4. The van der Waals surface area contributed by atoms with Gasteiger partial charge in [0.2, 0.25) is 11.8 Å². The summed E-state index contributed by atoms with van der Waals surface area (Å²) in [6.45, 7) is 4.36. The standard InChI is InChI=1S/C32H33N3O7S/c1-4-41-30(38)22-8-12-24(13-9-22)33-29(37)27-20-28(36)35(19-18-21-6-16-26(40-3)17-7-21)32(43-27)34-25-14-10-23(11-15-25)31(39)42-5-2/h6-17,27H,4-5,18-20H2,1-3H3,(H,33,37). The topological polar surface area (TPSA) is 124 Å². The van der Waals surface area contributed by atoms with E-state index in [1.54, 1.807) is 74.4 Å². The number of aliphatic imine (C=N–C) groups is 1. The number of nitrogens with zero attached hydrogens (tertiary/aromatic N) is 2. The molecule has 3 aromatic carbocycles. The Hall–Kier alpha value is -4.64. The van der Waals surface area contributed by atoms with Crippen LogP contribution in [-0.4, -0.2) is 65.9 Å². The van der Waals surface area contributed by atoms with Crippen molar-refractivity contribution in [1.82, 2.24) is 4.90 Å². The molecule has 4 rings (SSSR count). The average molecular weight is 604 g/mol. The Kier molecular flexibility index (Phi) is 10.9. The minimum atomic E-state index is -0.730. The molecule has 0 aromatic heterocycles. The summed E-state index contributed by atoms with van der Waals surface area (Å²) >= 11 is 1.20. The molecule has 11 heteroatoms. The predicted octanol–water partition coefficient (Wildman–Crippen LogP) is 5.25. The van der Waals surface area contributed by atoms with E-state index in [0.29, 0.717) is 40.6 Å². The number of rotatable bonds is 11. The van der Waals surface area contributed by atoms with Crippen molar-refractivity contribution in [3.8, 4) is 5.75 Å². The van der Waals surface area contributed by atoms with Crippen LogP contribution >= 0.6 is 11.8 Å². The lowest BCUT2D eigenvalue weighted by Crippen LogP contribution is -2.46. The Morgan fingerprint density at radius 3 is 2.02 bits per heavy atom. The van der Waals surface area contributed by atoms with Crippen molar-refractivity contribution >= 4 is 52.1 Å². The molecule has 1 N–H and O–H groups in total. The molecule has 1 saturated heterocycles.